The van der Waals surface area contributed by atoms with Crippen molar-refractivity contribution < 1.29 is 45.4 Å². The fourth-order valence-electron chi connectivity index (χ4n) is 6.31. The van der Waals surface area contributed by atoms with Gasteiger partial charge in [0.2, 0.25) is 0 Å². The molecule has 0 saturated heterocycles. The van der Waals surface area contributed by atoms with Crippen LogP contribution >= 0.6 is 0 Å². The Bertz CT molecular complexity index is 2690. The van der Waals surface area contributed by atoms with Crippen LogP contribution < -0.4 is 31.1 Å². The Hall–Kier alpha value is -6.00. The summed E-state index contributed by atoms with van der Waals surface area (Å²) in [6.45, 7) is 8.52. The number of amides is 2. The number of carboxylic acid groups (broad SMARTS) is 1. The van der Waals surface area contributed by atoms with E-state index in [9.17, 15) is 40.6 Å². The van der Waals surface area contributed by atoms with E-state index in [-0.39, 0.29) is 44.2 Å². The third-order valence-electron chi connectivity index (χ3n) is 8.53. The molecule has 0 atom stereocenters. The minimum absolute atomic E-state index is 0.0580. The smallest absolute Gasteiger partial charge is 0.335 e. The Morgan fingerprint density at radius 2 is 1.40 bits per heavy atom. The molecule has 5 aromatic carbocycles. The molecule has 15 heteroatoms. The Labute approximate surface area is 298 Å². The van der Waals surface area contributed by atoms with Crippen molar-refractivity contribution >= 4 is 67.1 Å². The second kappa shape index (κ2) is 13.3. The average Bonchev–Trinajstić information content (AvgIpc) is 3.06. The Morgan fingerprint density at radius 1 is 0.692 bits per heavy atom. The van der Waals surface area contributed by atoms with Crippen molar-refractivity contribution in [3.8, 4) is 11.5 Å². The number of hydrogen-bond donors (Lipinski definition) is 6. The number of carboxylic acids is 1. The molecule has 266 valence electrons. The van der Waals surface area contributed by atoms with Crippen molar-refractivity contribution in [2.45, 2.75) is 30.6 Å². The van der Waals surface area contributed by atoms with Crippen LogP contribution in [-0.2, 0) is 20.2 Å². The summed E-state index contributed by atoms with van der Waals surface area (Å²) in [5.74, 6) is -0.522. The summed E-state index contributed by atoms with van der Waals surface area (Å²) in [7, 11) is -9.44. The van der Waals surface area contributed by atoms with Crippen LogP contribution in [0.3, 0.4) is 0 Å². The lowest BCUT2D eigenvalue weighted by Gasteiger charge is -2.24. The van der Waals surface area contributed by atoms with E-state index in [0.29, 0.717) is 44.3 Å². The Kier molecular flexibility index (Phi) is 9.15. The van der Waals surface area contributed by atoms with Gasteiger partial charge in [0.05, 0.1) is 11.3 Å². The number of aromatic carboxylic acids is 1. The molecule has 1 heterocycles. The summed E-state index contributed by atoms with van der Waals surface area (Å²) < 4.78 is 76.8. The van der Waals surface area contributed by atoms with Crippen molar-refractivity contribution in [1.82, 2.24) is 0 Å². The third-order valence-corrected chi connectivity index (χ3v) is 10.6. The van der Waals surface area contributed by atoms with Gasteiger partial charge in [-0.1, -0.05) is 43.0 Å². The second-order valence-electron chi connectivity index (χ2n) is 12.0. The lowest BCUT2D eigenvalue weighted by atomic mass is 9.92. The zero-order chi connectivity index (χ0) is 37.7. The summed E-state index contributed by atoms with van der Waals surface area (Å²) in [6.07, 6.45) is 0. The number of fused-ring (bicyclic) bond motifs is 2. The number of rotatable bonds is 8. The number of anilines is 4. The van der Waals surface area contributed by atoms with Gasteiger partial charge < -0.3 is 25.8 Å². The number of carbonyl (C=O) groups is 2. The summed E-state index contributed by atoms with van der Waals surface area (Å²) in [4.78, 5) is 23.8. The molecule has 5 aromatic rings. The molecule has 6 N–H and O–H groups in total. The first-order chi connectivity index (χ1) is 24.4. The van der Waals surface area contributed by atoms with E-state index in [1.165, 1.54) is 50.2 Å². The minimum atomic E-state index is -4.81. The van der Waals surface area contributed by atoms with E-state index in [2.05, 4.69) is 22.5 Å². The Balaban J connectivity index is 1.44. The zero-order valence-electron chi connectivity index (χ0n) is 27.8. The molecule has 6 rings (SSSR count). The molecular weight excluding hydrogens is 711 g/mol. The lowest BCUT2D eigenvalue weighted by Crippen LogP contribution is -2.22. The van der Waals surface area contributed by atoms with Gasteiger partial charge in [0.25, 0.3) is 20.2 Å². The van der Waals surface area contributed by atoms with Crippen LogP contribution in [0.4, 0.5) is 27.5 Å². The average molecular weight is 742 g/mol. The highest BCUT2D eigenvalue weighted by Gasteiger charge is 2.28. The lowest BCUT2D eigenvalue weighted by molar-refractivity contribution is 0.0696. The molecule has 0 unspecified atom stereocenters. The van der Waals surface area contributed by atoms with Gasteiger partial charge in [-0.15, -0.1) is 0 Å². The van der Waals surface area contributed by atoms with Crippen LogP contribution in [-0.4, -0.2) is 43.0 Å². The maximum absolute atomic E-state index is 13.1. The molecule has 2 amide bonds. The quantitative estimate of drug-likeness (QED) is 0.100. The van der Waals surface area contributed by atoms with Crippen LogP contribution in [0.2, 0.25) is 0 Å². The van der Waals surface area contributed by atoms with Gasteiger partial charge in [-0.2, -0.15) is 16.8 Å². The van der Waals surface area contributed by atoms with Crippen molar-refractivity contribution in [2.75, 3.05) is 16.0 Å². The van der Waals surface area contributed by atoms with Crippen LogP contribution in [0.15, 0.2) is 94.7 Å². The second-order valence-corrected chi connectivity index (χ2v) is 14.8. The van der Waals surface area contributed by atoms with Gasteiger partial charge in [-0.05, 0) is 85.1 Å². The molecule has 0 aromatic heterocycles. The van der Waals surface area contributed by atoms with E-state index in [0.717, 1.165) is 0 Å². The maximum atomic E-state index is 13.1. The monoisotopic (exact) mass is 741 g/mol. The molecule has 0 fully saturated rings. The molecule has 1 aliphatic heterocycles. The third kappa shape index (κ3) is 6.85. The number of nitrogens with one attached hydrogen (secondary N) is 3. The molecule has 0 aliphatic carbocycles. The van der Waals surface area contributed by atoms with Crippen molar-refractivity contribution in [3.05, 3.63) is 129 Å². The van der Waals surface area contributed by atoms with Crippen molar-refractivity contribution in [2.24, 2.45) is 0 Å². The standard InChI is InChI=1S/C37H31N3O10S2/c1-19-12-14-26-29(16-19)50-30-18-25(13-15-27(30)32(26)28-10-5-6-11-31(28)51(44,45)46)38-33-20(2)34(22(4)35(21(33)3)52(47,48)49)40-37(43)39-24-9-7-8-23(17-24)36(41)42/h5-18,38H,1H2,2-4H3,(H,41,42)(H2,39,40,43)(H,44,45,46)(H,47,48,49). The molecule has 0 saturated carbocycles. The van der Waals surface area contributed by atoms with E-state index in [1.54, 1.807) is 55.5 Å². The number of hydrogen-bond acceptors (Lipinski definition) is 8. The van der Waals surface area contributed by atoms with Crippen LogP contribution in [0, 0.1) is 20.8 Å². The summed E-state index contributed by atoms with van der Waals surface area (Å²) in [5, 5.41) is 18.8. The highest BCUT2D eigenvalue weighted by atomic mass is 32.2. The summed E-state index contributed by atoms with van der Waals surface area (Å²) in [5.41, 5.74) is 2.62. The maximum Gasteiger partial charge on any atom is 0.335 e. The largest absolute Gasteiger partial charge is 0.478 e. The first-order valence-corrected chi connectivity index (χ1v) is 18.3. The van der Waals surface area contributed by atoms with Gasteiger partial charge in [-0.25, -0.2) is 9.59 Å². The minimum Gasteiger partial charge on any atom is -0.478 e. The van der Waals surface area contributed by atoms with Crippen LogP contribution in [0.25, 0.3) is 12.2 Å². The van der Waals surface area contributed by atoms with Crippen molar-refractivity contribution in [1.29, 1.82) is 0 Å². The molecule has 13 nitrogen and oxygen atoms in total. The first kappa shape index (κ1) is 35.8. The topological polar surface area (TPSA) is 208 Å². The highest BCUT2D eigenvalue weighted by molar-refractivity contribution is 7.86. The number of carbonyl (C=O) groups excluding carboxylic acids is 1. The van der Waals surface area contributed by atoms with E-state index >= 15 is 0 Å². The van der Waals surface area contributed by atoms with Gasteiger partial charge in [-0.3, -0.25) is 9.11 Å². The fourth-order valence-corrected chi connectivity index (χ4v) is 7.99. The molecule has 52 heavy (non-hydrogen) atoms. The molecular formula is C37H31N3O10S2. The van der Waals surface area contributed by atoms with Crippen molar-refractivity contribution in [3.63, 3.8) is 0 Å². The number of ether oxygens (including phenoxy) is 1. The molecule has 0 radical (unpaired) electrons. The van der Waals surface area contributed by atoms with E-state index in [4.69, 9.17) is 4.74 Å². The first-order valence-electron chi connectivity index (χ1n) is 15.5. The van der Waals surface area contributed by atoms with Gasteiger partial charge in [0.1, 0.15) is 21.3 Å². The normalized spacial score (nSPS) is 12.3. The number of urea groups is 1. The predicted octanol–water partition coefficient (Wildman–Crippen LogP) is 5.95. The molecule has 0 bridgehead atoms. The van der Waals surface area contributed by atoms with E-state index < -0.39 is 37.1 Å². The van der Waals surface area contributed by atoms with Gasteiger partial charge in [0, 0.05) is 45.0 Å². The summed E-state index contributed by atoms with van der Waals surface area (Å²) >= 11 is 0. The van der Waals surface area contributed by atoms with Gasteiger partial charge >= 0.3 is 12.0 Å². The van der Waals surface area contributed by atoms with E-state index in [1.807, 2.05) is 0 Å². The Morgan fingerprint density at radius 3 is 2.10 bits per heavy atom. The molecule has 0 spiro atoms. The predicted molar refractivity (Wildman–Crippen MR) is 195 cm³/mol. The molecule has 1 aliphatic rings. The van der Waals surface area contributed by atoms with Gasteiger partial charge in [0.15, 0.2) is 0 Å². The van der Waals surface area contributed by atoms with Crippen LogP contribution in [0.5, 0.6) is 11.5 Å². The number of benzene rings is 5. The highest BCUT2D eigenvalue weighted by Crippen LogP contribution is 2.42. The SMILES string of the molecule is C=c1ccc2c(c1)Oc1cc(Nc3c(C)c(NC(=O)Nc4cccc(C(=O)O)c4)c(C)c(S(=O)(=O)O)c3C)ccc1C=2c1ccccc1S(=O)(=O)O. The summed E-state index contributed by atoms with van der Waals surface area (Å²) in [6, 6.07) is 20.9. The zero-order valence-corrected chi connectivity index (χ0v) is 29.4. The fraction of sp³-hybridized carbons (Fsp3) is 0.0811. The van der Waals surface area contributed by atoms with Crippen LogP contribution in [0.1, 0.15) is 38.2 Å².